The second-order valence-electron chi connectivity index (χ2n) is 6.57. The van der Waals surface area contributed by atoms with Gasteiger partial charge >= 0.3 is 0 Å². The Hall–Kier alpha value is -2.93. The van der Waals surface area contributed by atoms with E-state index in [0.29, 0.717) is 23.5 Å². The first-order valence-electron chi connectivity index (χ1n) is 9.67. The molecular weight excluding hydrogens is 354 g/mol. The molecule has 1 aromatic heterocycles. The van der Waals surface area contributed by atoms with E-state index in [9.17, 15) is 9.59 Å². The summed E-state index contributed by atoms with van der Waals surface area (Å²) in [5, 5.41) is 5.62. The maximum atomic E-state index is 12.3. The van der Waals surface area contributed by atoms with Gasteiger partial charge in [-0.05, 0) is 50.2 Å². The number of nitrogen functional groups attached to an aromatic ring is 1. The highest BCUT2D eigenvalue weighted by Crippen LogP contribution is 2.17. The minimum absolute atomic E-state index is 0.195. The number of hydrogen-bond acceptors (Lipinski definition) is 5. The van der Waals surface area contributed by atoms with Crippen LogP contribution in [0.15, 0.2) is 42.6 Å². The van der Waals surface area contributed by atoms with Gasteiger partial charge in [0.25, 0.3) is 11.8 Å². The number of nitrogens with two attached hydrogens (primary N) is 1. The summed E-state index contributed by atoms with van der Waals surface area (Å²) in [4.78, 5) is 31.0. The third-order valence-electron chi connectivity index (χ3n) is 4.26. The fourth-order valence-corrected chi connectivity index (χ4v) is 2.86. The van der Waals surface area contributed by atoms with Gasteiger partial charge in [0.1, 0.15) is 5.69 Å². The van der Waals surface area contributed by atoms with E-state index in [0.717, 1.165) is 32.5 Å². The van der Waals surface area contributed by atoms with E-state index < -0.39 is 0 Å². The van der Waals surface area contributed by atoms with Crippen LogP contribution in [0.25, 0.3) is 0 Å². The summed E-state index contributed by atoms with van der Waals surface area (Å²) in [7, 11) is 0. The summed E-state index contributed by atoms with van der Waals surface area (Å²) in [6.45, 7) is 7.75. The van der Waals surface area contributed by atoms with Crippen LogP contribution in [0.5, 0.6) is 0 Å². The number of anilines is 2. The Morgan fingerprint density at radius 3 is 2.32 bits per heavy atom. The van der Waals surface area contributed by atoms with Crippen LogP contribution in [-0.4, -0.2) is 47.9 Å². The first kappa shape index (κ1) is 21.4. The zero-order valence-corrected chi connectivity index (χ0v) is 16.6. The normalized spacial score (nSPS) is 10.7. The van der Waals surface area contributed by atoms with Crippen molar-refractivity contribution in [1.82, 2.24) is 15.2 Å². The number of para-hydroxylation sites is 2. The van der Waals surface area contributed by atoms with Crippen molar-refractivity contribution in [3.05, 3.63) is 53.9 Å². The molecule has 0 aliphatic heterocycles. The van der Waals surface area contributed by atoms with Gasteiger partial charge in [0.15, 0.2) is 0 Å². The van der Waals surface area contributed by atoms with Crippen molar-refractivity contribution >= 4 is 23.2 Å². The average molecular weight is 383 g/mol. The molecule has 0 saturated heterocycles. The van der Waals surface area contributed by atoms with E-state index in [2.05, 4.69) is 34.4 Å². The molecule has 0 aliphatic rings. The fourth-order valence-electron chi connectivity index (χ4n) is 2.86. The first-order valence-corrected chi connectivity index (χ1v) is 9.67. The summed E-state index contributed by atoms with van der Waals surface area (Å²) < 4.78 is 0. The van der Waals surface area contributed by atoms with Crippen LogP contribution in [0.1, 0.15) is 47.5 Å². The lowest BCUT2D eigenvalue weighted by molar-refractivity contribution is 0.0945. The van der Waals surface area contributed by atoms with Crippen LogP contribution in [0.4, 0.5) is 11.4 Å². The van der Waals surface area contributed by atoms with Crippen molar-refractivity contribution < 1.29 is 9.59 Å². The number of benzene rings is 1. The number of carbonyl (C=O) groups excluding carboxylic acids is 2. The largest absolute Gasteiger partial charge is 0.397 e. The Morgan fingerprint density at radius 2 is 1.71 bits per heavy atom. The first-order chi connectivity index (χ1) is 13.5. The number of hydrogen-bond donors (Lipinski definition) is 3. The van der Waals surface area contributed by atoms with E-state index in [1.54, 1.807) is 30.3 Å². The fraction of sp³-hybridized carbons (Fsp3) is 0.381. The number of rotatable bonds is 10. The van der Waals surface area contributed by atoms with Gasteiger partial charge in [-0.25, -0.2) is 0 Å². The Morgan fingerprint density at radius 1 is 1.00 bits per heavy atom. The second-order valence-corrected chi connectivity index (χ2v) is 6.57. The van der Waals surface area contributed by atoms with Crippen LogP contribution < -0.4 is 16.4 Å². The van der Waals surface area contributed by atoms with Gasteiger partial charge in [-0.2, -0.15) is 0 Å². The van der Waals surface area contributed by atoms with Crippen molar-refractivity contribution in [3.63, 3.8) is 0 Å². The molecule has 1 aromatic carbocycles. The van der Waals surface area contributed by atoms with Gasteiger partial charge in [0.05, 0.1) is 16.9 Å². The molecule has 0 fully saturated rings. The van der Waals surface area contributed by atoms with Crippen molar-refractivity contribution in [3.8, 4) is 0 Å². The summed E-state index contributed by atoms with van der Waals surface area (Å²) in [6, 6.07) is 10.1. The predicted molar refractivity (Wildman–Crippen MR) is 112 cm³/mol. The van der Waals surface area contributed by atoms with Crippen LogP contribution in [0, 0.1) is 0 Å². The van der Waals surface area contributed by atoms with E-state index >= 15 is 0 Å². The van der Waals surface area contributed by atoms with Crippen molar-refractivity contribution in [2.24, 2.45) is 0 Å². The lowest BCUT2D eigenvalue weighted by atomic mass is 10.2. The van der Waals surface area contributed by atoms with Crippen LogP contribution in [0.2, 0.25) is 0 Å². The SMILES string of the molecule is CCCN(CCC)CCNC(=O)c1ccc(C(=O)Nc2ccccc2N)nc1. The summed E-state index contributed by atoms with van der Waals surface area (Å²) in [5.74, 6) is -0.570. The quantitative estimate of drug-likeness (QED) is 0.548. The van der Waals surface area contributed by atoms with Gasteiger partial charge in [-0.3, -0.25) is 14.6 Å². The number of nitrogens with one attached hydrogen (secondary N) is 2. The second kappa shape index (κ2) is 11.0. The third-order valence-corrected chi connectivity index (χ3v) is 4.26. The topological polar surface area (TPSA) is 100 Å². The zero-order chi connectivity index (χ0) is 20.4. The molecule has 2 amide bonds. The molecule has 0 unspecified atom stereocenters. The average Bonchev–Trinajstić information content (AvgIpc) is 2.70. The molecule has 4 N–H and O–H groups in total. The predicted octanol–water partition coefficient (Wildman–Crippen LogP) is 2.77. The highest BCUT2D eigenvalue weighted by Gasteiger charge is 2.12. The van der Waals surface area contributed by atoms with Gasteiger partial charge in [0, 0.05) is 19.3 Å². The van der Waals surface area contributed by atoms with Crippen LogP contribution in [-0.2, 0) is 0 Å². The molecule has 28 heavy (non-hydrogen) atoms. The Balaban J connectivity index is 1.88. The molecule has 0 atom stereocenters. The number of aromatic nitrogens is 1. The van der Waals surface area contributed by atoms with E-state index in [4.69, 9.17) is 5.73 Å². The molecule has 0 radical (unpaired) electrons. The number of carbonyl (C=O) groups is 2. The molecule has 0 aliphatic carbocycles. The number of nitrogens with zero attached hydrogens (tertiary/aromatic N) is 2. The zero-order valence-electron chi connectivity index (χ0n) is 16.6. The van der Waals surface area contributed by atoms with Crippen molar-refractivity contribution in [1.29, 1.82) is 0 Å². The van der Waals surface area contributed by atoms with Crippen LogP contribution >= 0.6 is 0 Å². The molecular formula is C21H29N5O2. The van der Waals surface area contributed by atoms with E-state index in [-0.39, 0.29) is 17.5 Å². The van der Waals surface area contributed by atoms with Crippen molar-refractivity contribution in [2.45, 2.75) is 26.7 Å². The molecule has 2 rings (SSSR count). The Bertz CT molecular complexity index is 771. The van der Waals surface area contributed by atoms with Crippen LogP contribution in [0.3, 0.4) is 0 Å². The Labute approximate surface area is 166 Å². The maximum Gasteiger partial charge on any atom is 0.274 e. The monoisotopic (exact) mass is 383 g/mol. The Kier molecular flexibility index (Phi) is 8.42. The minimum atomic E-state index is -0.375. The van der Waals surface area contributed by atoms with Gasteiger partial charge < -0.3 is 21.3 Å². The van der Waals surface area contributed by atoms with Gasteiger partial charge in [-0.15, -0.1) is 0 Å². The standard InChI is InChI=1S/C21H29N5O2/c1-3-12-26(13-4-2)14-11-23-20(27)16-9-10-19(24-15-16)21(28)25-18-8-6-5-7-17(18)22/h5-10,15H,3-4,11-14,22H2,1-2H3,(H,23,27)(H,25,28). The smallest absolute Gasteiger partial charge is 0.274 e. The lowest BCUT2D eigenvalue weighted by Crippen LogP contribution is -2.35. The van der Waals surface area contributed by atoms with Gasteiger partial charge in [-0.1, -0.05) is 26.0 Å². The highest BCUT2D eigenvalue weighted by atomic mass is 16.2. The summed E-state index contributed by atoms with van der Waals surface area (Å²) in [6.07, 6.45) is 3.60. The molecule has 7 heteroatoms. The summed E-state index contributed by atoms with van der Waals surface area (Å²) in [5.41, 5.74) is 7.47. The third kappa shape index (κ3) is 6.35. The molecule has 0 saturated carbocycles. The lowest BCUT2D eigenvalue weighted by Gasteiger charge is -2.20. The molecule has 0 bridgehead atoms. The molecule has 2 aromatic rings. The van der Waals surface area contributed by atoms with E-state index in [1.165, 1.54) is 12.3 Å². The summed E-state index contributed by atoms with van der Waals surface area (Å²) >= 11 is 0. The molecule has 0 spiro atoms. The molecule has 150 valence electrons. The number of amides is 2. The van der Waals surface area contributed by atoms with Gasteiger partial charge in [0.2, 0.25) is 0 Å². The van der Waals surface area contributed by atoms with Crippen molar-refractivity contribution in [2.75, 3.05) is 37.2 Å². The molecule has 1 heterocycles. The highest BCUT2D eigenvalue weighted by molar-refractivity contribution is 6.04. The van der Waals surface area contributed by atoms with E-state index in [1.807, 2.05) is 0 Å². The molecule has 7 nitrogen and oxygen atoms in total. The minimum Gasteiger partial charge on any atom is -0.397 e. The number of pyridine rings is 1. The maximum absolute atomic E-state index is 12.3.